The molecule has 0 aliphatic carbocycles. The Hall–Kier alpha value is -2.50. The maximum atomic E-state index is 11.6. The van der Waals surface area contributed by atoms with E-state index in [2.05, 4.69) is 57.9 Å². The number of aromatic amines is 1. The van der Waals surface area contributed by atoms with Crippen LogP contribution in [0.1, 0.15) is 38.2 Å². The number of carbonyl (C=O) groups excluding carboxylic acids is 1. The first kappa shape index (κ1) is 20.2. The van der Waals surface area contributed by atoms with Gasteiger partial charge in [-0.05, 0) is 50.2 Å². The average molecular weight is 384 g/mol. The van der Waals surface area contributed by atoms with Gasteiger partial charge in [0, 0.05) is 56.7 Å². The van der Waals surface area contributed by atoms with Gasteiger partial charge in [-0.25, -0.2) is 0 Å². The Kier molecular flexibility index (Phi) is 7.34. The van der Waals surface area contributed by atoms with Crippen LogP contribution in [0.15, 0.2) is 35.5 Å². The fraction of sp³-hybridized carbons (Fsp3) is 0.545. The van der Waals surface area contributed by atoms with E-state index in [4.69, 9.17) is 4.99 Å². The second-order valence-corrected chi connectivity index (χ2v) is 7.51. The van der Waals surface area contributed by atoms with Crippen LogP contribution in [-0.4, -0.2) is 55.0 Å². The number of amides is 1. The van der Waals surface area contributed by atoms with Gasteiger partial charge in [-0.3, -0.25) is 9.79 Å². The molecule has 0 atom stereocenters. The number of nitrogens with zero attached hydrogens (tertiary/aromatic N) is 2. The van der Waals surface area contributed by atoms with Crippen molar-refractivity contribution in [3.05, 3.63) is 36.0 Å². The van der Waals surface area contributed by atoms with Crippen LogP contribution < -0.4 is 10.6 Å². The number of hydrogen-bond acceptors (Lipinski definition) is 2. The molecule has 1 fully saturated rings. The summed E-state index contributed by atoms with van der Waals surface area (Å²) in [5.41, 5.74) is 2.57. The summed E-state index contributed by atoms with van der Waals surface area (Å²) in [5, 5.41) is 7.48. The highest BCUT2D eigenvalue weighted by atomic mass is 16.1. The first-order valence-electron chi connectivity index (χ1n) is 10.5. The molecule has 1 amide bonds. The molecule has 1 aromatic heterocycles. The fourth-order valence-corrected chi connectivity index (χ4v) is 3.93. The van der Waals surface area contributed by atoms with Gasteiger partial charge in [-0.2, -0.15) is 0 Å². The van der Waals surface area contributed by atoms with Crippen molar-refractivity contribution in [1.29, 1.82) is 0 Å². The number of carbonyl (C=O) groups is 1. The molecule has 2 heterocycles. The Morgan fingerprint density at radius 2 is 2.07 bits per heavy atom. The predicted octanol–water partition coefficient (Wildman–Crippen LogP) is 2.91. The number of hydrogen-bond donors (Lipinski definition) is 3. The SMILES string of the molecule is CCNC(=NCCCc1c[nH]c2ccccc12)N1CCC(CC(=O)NC)CC1. The van der Waals surface area contributed by atoms with Gasteiger partial charge in [0.1, 0.15) is 0 Å². The van der Waals surface area contributed by atoms with Gasteiger partial charge in [0.05, 0.1) is 0 Å². The van der Waals surface area contributed by atoms with Gasteiger partial charge >= 0.3 is 0 Å². The monoisotopic (exact) mass is 383 g/mol. The number of fused-ring (bicyclic) bond motifs is 1. The molecule has 1 aromatic carbocycles. The number of piperidine rings is 1. The molecule has 0 bridgehead atoms. The van der Waals surface area contributed by atoms with Gasteiger partial charge in [0.2, 0.25) is 5.91 Å². The molecule has 28 heavy (non-hydrogen) atoms. The molecule has 6 heteroatoms. The van der Waals surface area contributed by atoms with E-state index in [9.17, 15) is 4.79 Å². The van der Waals surface area contributed by atoms with E-state index >= 15 is 0 Å². The lowest BCUT2D eigenvalue weighted by Crippen LogP contribution is -2.46. The standard InChI is InChI=1S/C22H33N5O/c1-3-24-22(27-13-10-17(11-14-27)15-21(28)23-2)25-12-6-7-18-16-26-20-9-5-4-8-19(18)20/h4-5,8-9,16-17,26H,3,6-7,10-15H2,1-2H3,(H,23,28)(H,24,25). The molecule has 152 valence electrons. The van der Waals surface area contributed by atoms with E-state index in [1.54, 1.807) is 7.05 Å². The van der Waals surface area contributed by atoms with Crippen LogP contribution in [0.3, 0.4) is 0 Å². The minimum Gasteiger partial charge on any atom is -0.361 e. The number of likely N-dealkylation sites (tertiary alicyclic amines) is 1. The quantitative estimate of drug-likeness (QED) is 0.391. The van der Waals surface area contributed by atoms with Crippen LogP contribution in [0, 0.1) is 5.92 Å². The van der Waals surface area contributed by atoms with E-state index in [0.717, 1.165) is 57.8 Å². The van der Waals surface area contributed by atoms with Crippen molar-refractivity contribution in [2.24, 2.45) is 10.9 Å². The molecule has 1 aliphatic heterocycles. The Morgan fingerprint density at radius 1 is 1.29 bits per heavy atom. The number of aromatic nitrogens is 1. The van der Waals surface area contributed by atoms with Gasteiger partial charge in [0.15, 0.2) is 5.96 Å². The van der Waals surface area contributed by atoms with Gasteiger partial charge in [-0.15, -0.1) is 0 Å². The second kappa shape index (κ2) is 10.2. The molecular weight excluding hydrogens is 350 g/mol. The summed E-state index contributed by atoms with van der Waals surface area (Å²) in [4.78, 5) is 22.1. The zero-order valence-corrected chi connectivity index (χ0v) is 17.1. The molecule has 0 spiro atoms. The van der Waals surface area contributed by atoms with Crippen LogP contribution >= 0.6 is 0 Å². The molecule has 3 N–H and O–H groups in total. The summed E-state index contributed by atoms with van der Waals surface area (Å²) in [5.74, 6) is 1.65. The van der Waals surface area contributed by atoms with Crippen molar-refractivity contribution in [2.75, 3.05) is 33.2 Å². The molecule has 6 nitrogen and oxygen atoms in total. The number of rotatable bonds is 7. The molecule has 0 unspecified atom stereocenters. The fourth-order valence-electron chi connectivity index (χ4n) is 3.93. The highest BCUT2D eigenvalue weighted by Crippen LogP contribution is 2.21. The number of guanidine groups is 1. The van der Waals surface area contributed by atoms with Crippen LogP contribution in [0.2, 0.25) is 0 Å². The first-order chi connectivity index (χ1) is 13.7. The van der Waals surface area contributed by atoms with Crippen molar-refractivity contribution in [2.45, 2.75) is 39.0 Å². The van der Waals surface area contributed by atoms with E-state index in [-0.39, 0.29) is 5.91 Å². The maximum Gasteiger partial charge on any atom is 0.220 e. The van der Waals surface area contributed by atoms with Crippen molar-refractivity contribution >= 4 is 22.8 Å². The Bertz CT molecular complexity index is 789. The summed E-state index contributed by atoms with van der Waals surface area (Å²) in [7, 11) is 1.71. The number of H-pyrrole nitrogens is 1. The van der Waals surface area contributed by atoms with Crippen LogP contribution in [0.25, 0.3) is 10.9 Å². The molecule has 3 rings (SSSR count). The van der Waals surface area contributed by atoms with Crippen molar-refractivity contribution < 1.29 is 4.79 Å². The summed E-state index contributed by atoms with van der Waals surface area (Å²) in [6.07, 6.45) is 6.92. The lowest BCUT2D eigenvalue weighted by Gasteiger charge is -2.34. The van der Waals surface area contributed by atoms with Crippen molar-refractivity contribution in [1.82, 2.24) is 20.5 Å². The lowest BCUT2D eigenvalue weighted by atomic mass is 9.93. The van der Waals surface area contributed by atoms with E-state index < -0.39 is 0 Å². The Morgan fingerprint density at radius 3 is 2.82 bits per heavy atom. The Balaban J connectivity index is 1.49. The highest BCUT2D eigenvalue weighted by molar-refractivity contribution is 5.83. The molecular formula is C22H33N5O. The third kappa shape index (κ3) is 5.27. The van der Waals surface area contributed by atoms with Crippen LogP contribution in [0.4, 0.5) is 0 Å². The Labute approximate surface area is 167 Å². The number of aryl methyl sites for hydroxylation is 1. The van der Waals surface area contributed by atoms with E-state index in [1.807, 2.05) is 0 Å². The van der Waals surface area contributed by atoms with Gasteiger partial charge in [0.25, 0.3) is 0 Å². The largest absolute Gasteiger partial charge is 0.361 e. The molecule has 2 aromatic rings. The zero-order valence-electron chi connectivity index (χ0n) is 17.1. The smallest absolute Gasteiger partial charge is 0.220 e. The first-order valence-corrected chi connectivity index (χ1v) is 10.5. The normalized spacial score (nSPS) is 15.8. The summed E-state index contributed by atoms with van der Waals surface area (Å²) in [6, 6.07) is 8.45. The molecule has 0 saturated carbocycles. The average Bonchev–Trinajstić information content (AvgIpc) is 3.14. The van der Waals surface area contributed by atoms with Gasteiger partial charge < -0.3 is 20.5 Å². The van der Waals surface area contributed by atoms with Crippen molar-refractivity contribution in [3.63, 3.8) is 0 Å². The number of benzene rings is 1. The third-order valence-corrected chi connectivity index (χ3v) is 5.54. The van der Waals surface area contributed by atoms with E-state index in [0.29, 0.717) is 12.3 Å². The summed E-state index contributed by atoms with van der Waals surface area (Å²) >= 11 is 0. The van der Waals surface area contributed by atoms with Gasteiger partial charge in [-0.1, -0.05) is 18.2 Å². The summed E-state index contributed by atoms with van der Waals surface area (Å²) < 4.78 is 0. The van der Waals surface area contributed by atoms with Crippen LogP contribution in [0.5, 0.6) is 0 Å². The van der Waals surface area contributed by atoms with Crippen molar-refractivity contribution in [3.8, 4) is 0 Å². The number of aliphatic imine (C=N–C) groups is 1. The highest BCUT2D eigenvalue weighted by Gasteiger charge is 2.22. The molecule has 1 saturated heterocycles. The topological polar surface area (TPSA) is 72.5 Å². The van der Waals surface area contributed by atoms with E-state index in [1.165, 1.54) is 16.5 Å². The third-order valence-electron chi connectivity index (χ3n) is 5.54. The second-order valence-electron chi connectivity index (χ2n) is 7.51. The molecule has 0 radical (unpaired) electrons. The minimum absolute atomic E-state index is 0.149. The predicted molar refractivity (Wildman–Crippen MR) is 116 cm³/mol. The summed E-state index contributed by atoms with van der Waals surface area (Å²) in [6.45, 7) is 5.74. The van der Waals surface area contributed by atoms with Crippen LogP contribution in [-0.2, 0) is 11.2 Å². The molecule has 1 aliphatic rings. The lowest BCUT2D eigenvalue weighted by molar-refractivity contribution is -0.121. The zero-order chi connectivity index (χ0) is 19.8. The number of para-hydroxylation sites is 1. The maximum absolute atomic E-state index is 11.6. The number of nitrogens with one attached hydrogen (secondary N) is 3. The minimum atomic E-state index is 0.149.